The lowest BCUT2D eigenvalue weighted by Gasteiger charge is -2.08. The number of ether oxygens (including phenoxy) is 1. The van der Waals surface area contributed by atoms with Gasteiger partial charge in [-0.25, -0.2) is 0 Å². The van der Waals surface area contributed by atoms with Gasteiger partial charge in [0.2, 0.25) is 0 Å². The Hall–Kier alpha value is -3.30. The number of benzene rings is 1. The maximum atomic E-state index is 10.9. The minimum Gasteiger partial charge on any atom is -0.485 e. The molecular weight excluding hydrogens is 316 g/mol. The summed E-state index contributed by atoms with van der Waals surface area (Å²) in [6.45, 7) is 5.48. The molecule has 0 saturated carbocycles. The summed E-state index contributed by atoms with van der Waals surface area (Å²) >= 11 is 0. The average molecular weight is 330 g/mol. The normalized spacial score (nSPS) is 10.8. The molecule has 0 aliphatic rings. The zero-order valence-electron chi connectivity index (χ0n) is 13.3. The molecule has 0 aliphatic heterocycles. The number of nitrogens with zero attached hydrogens (tertiary/aromatic N) is 6. The third kappa shape index (κ3) is 2.81. The van der Waals surface area contributed by atoms with Gasteiger partial charge < -0.3 is 9.26 Å². The van der Waals surface area contributed by atoms with Crippen molar-refractivity contribution in [1.29, 1.82) is 0 Å². The Morgan fingerprint density at radius 2 is 2.12 bits per heavy atom. The third-order valence-corrected chi connectivity index (χ3v) is 3.60. The summed E-state index contributed by atoms with van der Waals surface area (Å²) in [6, 6.07) is 4.42. The fourth-order valence-corrected chi connectivity index (χ4v) is 2.05. The maximum Gasteiger partial charge on any atom is 0.273 e. The van der Waals surface area contributed by atoms with Crippen molar-refractivity contribution in [3.8, 4) is 11.6 Å². The van der Waals surface area contributed by atoms with Gasteiger partial charge in [-0.15, -0.1) is 5.10 Å². The molecule has 0 unspecified atom stereocenters. The van der Waals surface area contributed by atoms with Gasteiger partial charge in [0.1, 0.15) is 12.4 Å². The topological polar surface area (TPSA) is 122 Å². The van der Waals surface area contributed by atoms with Gasteiger partial charge in [0.25, 0.3) is 11.6 Å². The molecule has 0 N–H and O–H groups in total. The molecule has 0 aliphatic carbocycles. The monoisotopic (exact) mass is 330 g/mol. The maximum absolute atomic E-state index is 10.9. The fourth-order valence-electron chi connectivity index (χ4n) is 2.05. The van der Waals surface area contributed by atoms with Crippen molar-refractivity contribution in [3.63, 3.8) is 0 Å². The highest BCUT2D eigenvalue weighted by atomic mass is 16.6. The second-order valence-electron chi connectivity index (χ2n) is 5.20. The summed E-state index contributed by atoms with van der Waals surface area (Å²) in [4.78, 5) is 10.4. The quantitative estimate of drug-likeness (QED) is 0.514. The Morgan fingerprint density at radius 3 is 2.79 bits per heavy atom. The van der Waals surface area contributed by atoms with Crippen LogP contribution in [0, 0.1) is 30.9 Å². The number of aryl methyl sites for hydroxylation is 2. The number of hydrogen-bond donors (Lipinski definition) is 0. The molecule has 24 heavy (non-hydrogen) atoms. The number of nitro benzene ring substituents is 1. The Kier molecular flexibility index (Phi) is 3.94. The SMILES string of the molecule is Cc1ccc([N+](=O)[O-])cc1OCc1nnnn1-c1onc(C)c1C. The van der Waals surface area contributed by atoms with E-state index in [4.69, 9.17) is 9.26 Å². The van der Waals surface area contributed by atoms with Crippen LogP contribution in [0.3, 0.4) is 0 Å². The minimum atomic E-state index is -0.475. The van der Waals surface area contributed by atoms with Crippen LogP contribution in [0.1, 0.15) is 22.6 Å². The molecule has 2 heterocycles. The van der Waals surface area contributed by atoms with Crippen LogP contribution in [0.25, 0.3) is 5.88 Å². The van der Waals surface area contributed by atoms with Crippen molar-refractivity contribution in [1.82, 2.24) is 25.4 Å². The van der Waals surface area contributed by atoms with Gasteiger partial charge in [0.05, 0.1) is 16.7 Å². The van der Waals surface area contributed by atoms with Gasteiger partial charge in [-0.3, -0.25) is 10.1 Å². The molecule has 0 fully saturated rings. The number of rotatable bonds is 5. The van der Waals surface area contributed by atoms with Gasteiger partial charge >= 0.3 is 0 Å². The van der Waals surface area contributed by atoms with E-state index in [1.807, 2.05) is 13.8 Å². The van der Waals surface area contributed by atoms with Crippen LogP contribution in [-0.2, 0) is 6.61 Å². The Labute approximate surface area is 136 Å². The summed E-state index contributed by atoms with van der Waals surface area (Å²) in [5, 5.41) is 26.1. The highest BCUT2D eigenvalue weighted by Crippen LogP contribution is 2.25. The zero-order valence-corrected chi connectivity index (χ0v) is 13.3. The predicted molar refractivity (Wildman–Crippen MR) is 80.9 cm³/mol. The summed E-state index contributed by atoms with van der Waals surface area (Å²) in [5.41, 5.74) is 2.28. The van der Waals surface area contributed by atoms with Crippen LogP contribution < -0.4 is 4.74 Å². The standard InChI is InChI=1S/C14H14N6O4/c1-8-4-5-11(20(21)22)6-12(8)23-7-13-15-17-18-19(13)14-9(2)10(3)16-24-14/h4-6H,7H2,1-3H3. The lowest BCUT2D eigenvalue weighted by molar-refractivity contribution is -0.385. The highest BCUT2D eigenvalue weighted by molar-refractivity contribution is 5.43. The second-order valence-corrected chi connectivity index (χ2v) is 5.20. The lowest BCUT2D eigenvalue weighted by Crippen LogP contribution is -2.08. The summed E-state index contributed by atoms with van der Waals surface area (Å²) < 4.78 is 12.3. The number of tetrazole rings is 1. The molecule has 0 atom stereocenters. The Morgan fingerprint density at radius 1 is 1.33 bits per heavy atom. The first-order valence-corrected chi connectivity index (χ1v) is 7.05. The first kappa shape index (κ1) is 15.6. The molecular formula is C14H14N6O4. The number of hydrogen-bond acceptors (Lipinski definition) is 8. The van der Waals surface area contributed by atoms with E-state index < -0.39 is 4.92 Å². The van der Waals surface area contributed by atoms with E-state index in [0.717, 1.165) is 16.8 Å². The van der Waals surface area contributed by atoms with E-state index in [2.05, 4.69) is 20.7 Å². The van der Waals surface area contributed by atoms with Crippen LogP contribution in [0.2, 0.25) is 0 Å². The number of non-ortho nitro benzene ring substituents is 1. The molecule has 0 saturated heterocycles. The zero-order chi connectivity index (χ0) is 17.3. The van der Waals surface area contributed by atoms with E-state index in [9.17, 15) is 10.1 Å². The summed E-state index contributed by atoms with van der Waals surface area (Å²) in [7, 11) is 0. The predicted octanol–water partition coefficient (Wildman–Crippen LogP) is 2.06. The van der Waals surface area contributed by atoms with E-state index in [1.165, 1.54) is 16.8 Å². The molecule has 124 valence electrons. The molecule has 2 aromatic heterocycles. The first-order valence-electron chi connectivity index (χ1n) is 7.05. The molecule has 10 nitrogen and oxygen atoms in total. The van der Waals surface area contributed by atoms with Crippen LogP contribution in [0.15, 0.2) is 22.7 Å². The molecule has 0 spiro atoms. The van der Waals surface area contributed by atoms with Crippen LogP contribution in [0.5, 0.6) is 5.75 Å². The second kappa shape index (κ2) is 6.07. The number of nitro groups is 1. The Balaban J connectivity index is 1.84. The van der Waals surface area contributed by atoms with Crippen molar-refractivity contribution in [2.45, 2.75) is 27.4 Å². The van der Waals surface area contributed by atoms with Crippen LogP contribution in [-0.4, -0.2) is 30.3 Å². The smallest absolute Gasteiger partial charge is 0.273 e. The molecule has 1 aromatic carbocycles. The molecule has 3 aromatic rings. The van der Waals surface area contributed by atoms with Crippen molar-refractivity contribution < 1.29 is 14.2 Å². The molecule has 10 heteroatoms. The molecule has 0 bridgehead atoms. The highest BCUT2D eigenvalue weighted by Gasteiger charge is 2.18. The summed E-state index contributed by atoms with van der Waals surface area (Å²) in [6.07, 6.45) is 0. The minimum absolute atomic E-state index is 0.0220. The fraction of sp³-hybridized carbons (Fsp3) is 0.286. The van der Waals surface area contributed by atoms with Gasteiger partial charge in [-0.2, -0.15) is 4.68 Å². The van der Waals surface area contributed by atoms with E-state index in [1.54, 1.807) is 13.0 Å². The average Bonchev–Trinajstić information content (AvgIpc) is 3.13. The summed E-state index contributed by atoms with van der Waals surface area (Å²) in [5.74, 6) is 1.19. The van der Waals surface area contributed by atoms with Crippen LogP contribution in [0.4, 0.5) is 5.69 Å². The van der Waals surface area contributed by atoms with Gasteiger partial charge in [0.15, 0.2) is 5.82 Å². The first-order chi connectivity index (χ1) is 11.5. The van der Waals surface area contributed by atoms with E-state index in [-0.39, 0.29) is 12.3 Å². The Bertz CT molecular complexity index is 901. The molecule has 0 amide bonds. The number of aromatic nitrogens is 5. The van der Waals surface area contributed by atoms with Crippen molar-refractivity contribution >= 4 is 5.69 Å². The molecule has 0 radical (unpaired) electrons. The van der Waals surface area contributed by atoms with Crippen LogP contribution >= 0.6 is 0 Å². The third-order valence-electron chi connectivity index (χ3n) is 3.60. The van der Waals surface area contributed by atoms with Gasteiger partial charge in [0, 0.05) is 11.6 Å². The van der Waals surface area contributed by atoms with E-state index in [0.29, 0.717) is 17.5 Å². The van der Waals surface area contributed by atoms with Crippen molar-refractivity contribution in [3.05, 3.63) is 51.0 Å². The largest absolute Gasteiger partial charge is 0.485 e. The molecule has 3 rings (SSSR count). The van der Waals surface area contributed by atoms with Crippen molar-refractivity contribution in [2.75, 3.05) is 0 Å². The van der Waals surface area contributed by atoms with Gasteiger partial charge in [-0.05, 0) is 42.8 Å². The van der Waals surface area contributed by atoms with E-state index >= 15 is 0 Å². The van der Waals surface area contributed by atoms with Gasteiger partial charge in [-0.1, -0.05) is 5.16 Å². The van der Waals surface area contributed by atoms with Crippen molar-refractivity contribution in [2.24, 2.45) is 0 Å². The lowest BCUT2D eigenvalue weighted by atomic mass is 10.2.